The number of benzene rings is 13. The summed E-state index contributed by atoms with van der Waals surface area (Å²) >= 11 is 0. The van der Waals surface area contributed by atoms with Crippen LogP contribution in [0, 0.1) is 0 Å². The van der Waals surface area contributed by atoms with Crippen molar-refractivity contribution in [2.75, 3.05) is 14.7 Å². The predicted molar refractivity (Wildman–Crippen MR) is 379 cm³/mol. The van der Waals surface area contributed by atoms with Crippen LogP contribution in [0.3, 0.4) is 0 Å². The van der Waals surface area contributed by atoms with Crippen LogP contribution in [0.15, 0.2) is 296 Å². The molecule has 0 N–H and O–H groups in total. The molecule has 16 rings (SSSR count). The molecule has 0 fully saturated rings. The van der Waals surface area contributed by atoms with Crippen LogP contribution in [0.1, 0.15) is 52.7 Å². The first kappa shape index (κ1) is 53.8. The summed E-state index contributed by atoms with van der Waals surface area (Å²) in [6.07, 6.45) is 0. The van der Waals surface area contributed by atoms with E-state index in [1.54, 1.807) is 0 Å². The highest BCUT2D eigenvalue weighted by atomic mass is 16.3. The smallest absolute Gasteiger partial charge is 0.252 e. The minimum atomic E-state index is -0.217. The molecule has 1 aromatic heterocycles. The molecule has 14 aromatic rings. The van der Waals surface area contributed by atoms with Crippen LogP contribution in [-0.2, 0) is 10.8 Å². The monoisotopic (exact) mass is 1140 g/mol. The number of para-hydroxylation sites is 3. The number of anilines is 9. The number of hydrogen-bond acceptors (Lipinski definition) is 4. The lowest BCUT2D eigenvalue weighted by Gasteiger charge is -2.45. The minimum absolute atomic E-state index is 0.0381. The Morgan fingerprint density at radius 2 is 0.865 bits per heavy atom. The van der Waals surface area contributed by atoms with E-state index in [2.05, 4.69) is 341 Å². The van der Waals surface area contributed by atoms with Gasteiger partial charge in [0.2, 0.25) is 0 Å². The van der Waals surface area contributed by atoms with Gasteiger partial charge in [-0.05, 0) is 167 Å². The van der Waals surface area contributed by atoms with Crippen molar-refractivity contribution in [2.24, 2.45) is 0 Å². The zero-order valence-corrected chi connectivity index (χ0v) is 51.0. The van der Waals surface area contributed by atoms with Crippen LogP contribution in [0.4, 0.5) is 51.2 Å². The third-order valence-electron chi connectivity index (χ3n) is 18.5. The third kappa shape index (κ3) is 9.22. The van der Waals surface area contributed by atoms with Crippen molar-refractivity contribution < 1.29 is 4.42 Å². The highest BCUT2D eigenvalue weighted by Gasteiger charge is 2.45. The molecule has 89 heavy (non-hydrogen) atoms. The summed E-state index contributed by atoms with van der Waals surface area (Å²) in [5.41, 5.74) is 27.2. The summed E-state index contributed by atoms with van der Waals surface area (Å²) in [6, 6.07) is 108. The Kier molecular flexibility index (Phi) is 12.7. The van der Waals surface area contributed by atoms with E-state index >= 15 is 0 Å². The van der Waals surface area contributed by atoms with Gasteiger partial charge in [0.05, 0.1) is 5.69 Å². The normalized spacial score (nSPS) is 12.8. The molecule has 0 saturated carbocycles. The summed E-state index contributed by atoms with van der Waals surface area (Å²) in [5, 5.41) is 4.63. The molecule has 5 heteroatoms. The standard InChI is InChI=1S/C84H66BN3O/c1-83(2,3)61-40-44-65(45-41-61)88-77-54-66(86(63-29-14-9-15-30-63)76-51-59-28-17-16-27-58(59)49-72(76)56-25-12-8-13-26-56)46-47-73(77)85-74-50-60(68-32-19-18-31-67(68)55-23-10-7-11-24-55)39-48-75(74)87(78-52-62(84(4,5)6)53-79(88)81(78)85)64-42-37-57(38-43-64)69-34-22-35-71-70-33-20-21-36-80(70)89-82(69)71/h7-54H,1-6H3. The Morgan fingerprint density at radius 3 is 1.54 bits per heavy atom. The van der Waals surface area contributed by atoms with Crippen molar-refractivity contribution in [1.82, 2.24) is 0 Å². The molecule has 0 amide bonds. The molecule has 13 aromatic carbocycles. The van der Waals surface area contributed by atoms with Crippen LogP contribution >= 0.6 is 0 Å². The molecule has 0 spiro atoms. The average Bonchev–Trinajstić information content (AvgIpc) is 1.32. The van der Waals surface area contributed by atoms with Gasteiger partial charge in [0.25, 0.3) is 6.71 Å². The van der Waals surface area contributed by atoms with Crippen molar-refractivity contribution in [3.63, 3.8) is 0 Å². The second-order valence-electron chi connectivity index (χ2n) is 26.1. The zero-order valence-electron chi connectivity index (χ0n) is 51.0. The van der Waals surface area contributed by atoms with Crippen molar-refractivity contribution in [3.05, 3.63) is 302 Å². The summed E-state index contributed by atoms with van der Waals surface area (Å²) in [6.45, 7) is 13.8. The molecule has 0 bridgehead atoms. The fourth-order valence-corrected chi connectivity index (χ4v) is 14.0. The number of fused-ring (bicyclic) bond motifs is 8. The van der Waals surface area contributed by atoms with Gasteiger partial charge in [0.15, 0.2) is 0 Å². The van der Waals surface area contributed by atoms with Crippen molar-refractivity contribution >= 4 is 107 Å². The minimum Gasteiger partial charge on any atom is -0.455 e. The van der Waals surface area contributed by atoms with Crippen LogP contribution < -0.4 is 31.1 Å². The van der Waals surface area contributed by atoms with E-state index in [1.165, 1.54) is 71.9 Å². The first-order chi connectivity index (χ1) is 43.4. The Balaban J connectivity index is 0.966. The van der Waals surface area contributed by atoms with E-state index in [9.17, 15) is 0 Å². The molecule has 0 radical (unpaired) electrons. The second kappa shape index (κ2) is 21.1. The number of furan rings is 1. The average molecular weight is 1140 g/mol. The molecule has 4 nitrogen and oxygen atoms in total. The molecular weight excluding hydrogens is 1080 g/mol. The zero-order chi connectivity index (χ0) is 60.1. The second-order valence-corrected chi connectivity index (χ2v) is 26.1. The molecule has 2 aliphatic rings. The maximum Gasteiger partial charge on any atom is 0.252 e. The van der Waals surface area contributed by atoms with Gasteiger partial charge in [0.1, 0.15) is 11.2 Å². The van der Waals surface area contributed by atoms with Gasteiger partial charge in [-0.2, -0.15) is 0 Å². The van der Waals surface area contributed by atoms with Gasteiger partial charge < -0.3 is 19.1 Å². The number of hydrogen-bond donors (Lipinski definition) is 0. The molecular formula is C84H66BN3O. The van der Waals surface area contributed by atoms with Gasteiger partial charge in [-0.15, -0.1) is 0 Å². The fraction of sp³-hybridized carbons (Fsp3) is 0.0952. The molecule has 0 atom stereocenters. The van der Waals surface area contributed by atoms with E-state index in [4.69, 9.17) is 4.42 Å². The van der Waals surface area contributed by atoms with E-state index in [0.29, 0.717) is 0 Å². The summed E-state index contributed by atoms with van der Waals surface area (Å²) in [5.74, 6) is 0. The maximum atomic E-state index is 6.64. The first-order valence-electron chi connectivity index (χ1n) is 31.2. The lowest BCUT2D eigenvalue weighted by Crippen LogP contribution is -2.61. The van der Waals surface area contributed by atoms with E-state index in [-0.39, 0.29) is 17.5 Å². The van der Waals surface area contributed by atoms with Crippen molar-refractivity contribution in [3.8, 4) is 44.5 Å². The summed E-state index contributed by atoms with van der Waals surface area (Å²) < 4.78 is 6.64. The number of rotatable bonds is 9. The summed E-state index contributed by atoms with van der Waals surface area (Å²) in [7, 11) is 0. The van der Waals surface area contributed by atoms with Gasteiger partial charge in [-0.25, -0.2) is 0 Å². The van der Waals surface area contributed by atoms with Gasteiger partial charge >= 0.3 is 0 Å². The van der Waals surface area contributed by atoms with Crippen LogP contribution in [0.2, 0.25) is 0 Å². The van der Waals surface area contributed by atoms with Crippen LogP contribution in [-0.4, -0.2) is 6.71 Å². The van der Waals surface area contributed by atoms with E-state index < -0.39 is 0 Å². The third-order valence-corrected chi connectivity index (χ3v) is 18.5. The molecule has 0 saturated heterocycles. The quantitative estimate of drug-likeness (QED) is 0.134. The molecule has 2 aliphatic heterocycles. The van der Waals surface area contributed by atoms with E-state index in [1.807, 2.05) is 6.07 Å². The Hall–Kier alpha value is -10.6. The largest absolute Gasteiger partial charge is 0.455 e. The number of nitrogens with zero attached hydrogens (tertiary/aromatic N) is 3. The lowest BCUT2D eigenvalue weighted by atomic mass is 9.33. The Labute approximate surface area is 522 Å². The van der Waals surface area contributed by atoms with Crippen LogP contribution in [0.5, 0.6) is 0 Å². The fourth-order valence-electron chi connectivity index (χ4n) is 14.0. The topological polar surface area (TPSA) is 22.9 Å². The Bertz CT molecular complexity index is 5040. The van der Waals surface area contributed by atoms with E-state index in [0.717, 1.165) is 84.0 Å². The summed E-state index contributed by atoms with van der Waals surface area (Å²) in [4.78, 5) is 7.63. The molecule has 426 valence electrons. The highest BCUT2D eigenvalue weighted by molar-refractivity contribution is 7.00. The van der Waals surface area contributed by atoms with Crippen molar-refractivity contribution in [2.45, 2.75) is 52.4 Å². The first-order valence-corrected chi connectivity index (χ1v) is 31.2. The predicted octanol–water partition coefficient (Wildman–Crippen LogP) is 21.6. The van der Waals surface area contributed by atoms with Gasteiger partial charge in [-0.3, -0.25) is 0 Å². The Morgan fingerprint density at radius 1 is 0.337 bits per heavy atom. The molecule has 3 heterocycles. The van der Waals surface area contributed by atoms with Gasteiger partial charge in [0, 0.05) is 67.4 Å². The SMILES string of the molecule is CC(C)(C)c1ccc(N2c3cc(N(c4ccccc4)c4cc5ccccc5cc4-c4ccccc4)ccc3B3c4cc(-c5ccccc5-c5ccccc5)ccc4N(c4ccc(-c5cccc6c5oc5ccccc56)cc4)c4cc(C(C)(C)C)cc2c43)cc1. The molecule has 0 unspecified atom stereocenters. The van der Waals surface area contributed by atoms with Gasteiger partial charge in [-0.1, -0.05) is 248 Å². The lowest BCUT2D eigenvalue weighted by molar-refractivity contribution is 0.590. The maximum absolute atomic E-state index is 6.64. The van der Waals surface area contributed by atoms with Crippen molar-refractivity contribution in [1.29, 1.82) is 0 Å². The highest BCUT2D eigenvalue weighted by Crippen LogP contribution is 2.50. The van der Waals surface area contributed by atoms with Crippen LogP contribution in [0.25, 0.3) is 77.2 Å². The molecule has 0 aliphatic carbocycles.